The van der Waals surface area contributed by atoms with Gasteiger partial charge in [-0.2, -0.15) is 0 Å². The Bertz CT molecular complexity index is 716. The van der Waals surface area contributed by atoms with E-state index in [0.717, 1.165) is 6.07 Å². The number of carbonyl (C=O) groups is 1. The zero-order chi connectivity index (χ0) is 15.6. The number of non-ortho nitro benzene ring substituents is 1. The number of benzene rings is 1. The van der Waals surface area contributed by atoms with Crippen LogP contribution in [-0.2, 0) is 0 Å². The first-order valence-corrected chi connectivity index (χ1v) is 6.39. The summed E-state index contributed by atoms with van der Waals surface area (Å²) in [4.78, 5) is 29.9. The van der Waals surface area contributed by atoms with Crippen molar-refractivity contribution in [2.75, 3.05) is 5.32 Å². The molecule has 0 unspecified atom stereocenters. The molecule has 0 atom stereocenters. The minimum absolute atomic E-state index is 0.0272. The monoisotopic (exact) mass is 326 g/mol. The molecule has 21 heavy (non-hydrogen) atoms. The van der Waals surface area contributed by atoms with Crippen molar-refractivity contribution in [1.82, 2.24) is 9.97 Å². The average molecular weight is 327 g/mol. The van der Waals surface area contributed by atoms with Gasteiger partial charge in [-0.15, -0.1) is 0 Å². The van der Waals surface area contributed by atoms with E-state index in [9.17, 15) is 14.9 Å². The van der Waals surface area contributed by atoms with E-state index in [4.69, 9.17) is 23.2 Å². The molecule has 0 saturated heterocycles. The van der Waals surface area contributed by atoms with Crippen molar-refractivity contribution in [3.05, 3.63) is 55.8 Å². The maximum atomic E-state index is 12.1. The molecule has 7 nitrogen and oxygen atoms in total. The first-order chi connectivity index (χ1) is 9.86. The molecule has 1 amide bonds. The molecule has 0 bridgehead atoms. The zero-order valence-electron chi connectivity index (χ0n) is 10.6. The Balaban J connectivity index is 2.26. The molecule has 9 heteroatoms. The first-order valence-electron chi connectivity index (χ1n) is 5.63. The Morgan fingerprint density at radius 3 is 2.57 bits per heavy atom. The van der Waals surface area contributed by atoms with E-state index in [1.165, 1.54) is 18.2 Å². The third-order valence-electron chi connectivity index (χ3n) is 2.46. The molecule has 0 aliphatic carbocycles. The van der Waals surface area contributed by atoms with Gasteiger partial charge in [0.05, 0.1) is 15.5 Å². The second-order valence-electron chi connectivity index (χ2n) is 4.03. The minimum atomic E-state index is -0.600. The molecule has 1 N–H and O–H groups in total. The number of aryl methyl sites for hydroxylation is 1. The Morgan fingerprint density at radius 1 is 1.29 bits per heavy atom. The molecule has 1 aromatic carbocycles. The summed E-state index contributed by atoms with van der Waals surface area (Å²) < 4.78 is 0. The highest BCUT2D eigenvalue weighted by atomic mass is 35.5. The van der Waals surface area contributed by atoms with Gasteiger partial charge in [0, 0.05) is 17.8 Å². The molecule has 2 aromatic rings. The lowest BCUT2D eigenvalue weighted by Crippen LogP contribution is -2.15. The van der Waals surface area contributed by atoms with Crippen LogP contribution in [0.1, 0.15) is 16.1 Å². The maximum Gasteiger partial charge on any atom is 0.270 e. The predicted molar refractivity (Wildman–Crippen MR) is 77.8 cm³/mol. The van der Waals surface area contributed by atoms with Crippen LogP contribution in [0.5, 0.6) is 0 Å². The smallest absolute Gasteiger partial charge is 0.270 e. The van der Waals surface area contributed by atoms with Crippen LogP contribution in [0.2, 0.25) is 10.2 Å². The summed E-state index contributed by atoms with van der Waals surface area (Å²) in [7, 11) is 0. The van der Waals surface area contributed by atoms with Crippen LogP contribution in [0.15, 0.2) is 24.3 Å². The van der Waals surface area contributed by atoms with Crippen molar-refractivity contribution in [3.63, 3.8) is 0 Å². The summed E-state index contributed by atoms with van der Waals surface area (Å²) >= 11 is 11.6. The van der Waals surface area contributed by atoms with Crippen molar-refractivity contribution in [2.45, 2.75) is 6.92 Å². The van der Waals surface area contributed by atoms with Gasteiger partial charge >= 0.3 is 0 Å². The van der Waals surface area contributed by atoms with Gasteiger partial charge in [0.25, 0.3) is 11.6 Å². The number of halogens is 2. The van der Waals surface area contributed by atoms with Crippen LogP contribution in [0.4, 0.5) is 11.6 Å². The second kappa shape index (κ2) is 6.02. The number of anilines is 1. The summed E-state index contributed by atoms with van der Waals surface area (Å²) in [6.45, 7) is 1.70. The van der Waals surface area contributed by atoms with Crippen molar-refractivity contribution in [2.24, 2.45) is 0 Å². The highest BCUT2D eigenvalue weighted by Crippen LogP contribution is 2.23. The number of nitrogens with one attached hydrogen (secondary N) is 1. The van der Waals surface area contributed by atoms with Crippen molar-refractivity contribution in [3.8, 4) is 0 Å². The highest BCUT2D eigenvalue weighted by molar-refractivity contribution is 6.34. The van der Waals surface area contributed by atoms with Crippen LogP contribution in [0.3, 0.4) is 0 Å². The van der Waals surface area contributed by atoms with Crippen LogP contribution in [0, 0.1) is 17.0 Å². The van der Waals surface area contributed by atoms with Gasteiger partial charge in [-0.05, 0) is 19.1 Å². The minimum Gasteiger partial charge on any atom is -0.290 e. The molecule has 2 rings (SSSR count). The molecule has 0 fully saturated rings. The first kappa shape index (κ1) is 15.1. The molecule has 0 radical (unpaired) electrons. The van der Waals surface area contributed by atoms with Gasteiger partial charge in [-0.3, -0.25) is 20.2 Å². The summed E-state index contributed by atoms with van der Waals surface area (Å²) in [6, 6.07) is 5.08. The van der Waals surface area contributed by atoms with Gasteiger partial charge < -0.3 is 0 Å². The van der Waals surface area contributed by atoms with E-state index in [0.29, 0.717) is 5.69 Å². The van der Waals surface area contributed by atoms with Crippen LogP contribution < -0.4 is 5.32 Å². The lowest BCUT2D eigenvalue weighted by Gasteiger charge is -2.06. The zero-order valence-corrected chi connectivity index (χ0v) is 12.1. The van der Waals surface area contributed by atoms with Gasteiger partial charge in [0.1, 0.15) is 5.15 Å². The lowest BCUT2D eigenvalue weighted by molar-refractivity contribution is -0.384. The Hall–Kier alpha value is -2.25. The van der Waals surface area contributed by atoms with Gasteiger partial charge in [0.2, 0.25) is 5.95 Å². The standard InChI is InChI=1S/C12H8Cl2N4O3/c1-6-4-10(14)16-12(15-6)17-11(19)8-3-2-7(18(20)21)5-9(8)13/h2-5H,1H3,(H,15,16,17,19). The number of amides is 1. The van der Waals surface area contributed by atoms with Crippen LogP contribution in [0.25, 0.3) is 0 Å². The van der Waals surface area contributed by atoms with E-state index < -0.39 is 10.8 Å². The summed E-state index contributed by atoms with van der Waals surface area (Å²) in [6.07, 6.45) is 0. The number of rotatable bonds is 3. The SMILES string of the molecule is Cc1cc(Cl)nc(NC(=O)c2ccc([N+](=O)[O-])cc2Cl)n1. The van der Waals surface area contributed by atoms with Crippen LogP contribution in [-0.4, -0.2) is 20.8 Å². The van der Waals surface area contributed by atoms with Crippen molar-refractivity contribution in [1.29, 1.82) is 0 Å². The summed E-state index contributed by atoms with van der Waals surface area (Å²) in [5.74, 6) is -0.559. The van der Waals surface area contributed by atoms with E-state index in [1.54, 1.807) is 6.92 Å². The Morgan fingerprint density at radius 2 is 2.00 bits per heavy atom. The third-order valence-corrected chi connectivity index (χ3v) is 2.96. The fourth-order valence-corrected chi connectivity index (χ4v) is 2.06. The maximum absolute atomic E-state index is 12.1. The van der Waals surface area contributed by atoms with E-state index in [-0.39, 0.29) is 27.4 Å². The topological polar surface area (TPSA) is 98.0 Å². The number of carbonyl (C=O) groups excluding carboxylic acids is 1. The molecule has 108 valence electrons. The predicted octanol–water partition coefficient (Wildman–Crippen LogP) is 3.25. The quantitative estimate of drug-likeness (QED) is 0.530. The average Bonchev–Trinajstić information content (AvgIpc) is 2.36. The molecule has 1 aromatic heterocycles. The van der Waals surface area contributed by atoms with Gasteiger partial charge in [-0.25, -0.2) is 9.97 Å². The number of hydrogen-bond acceptors (Lipinski definition) is 5. The number of hydrogen-bond donors (Lipinski definition) is 1. The van der Waals surface area contributed by atoms with Crippen LogP contribution >= 0.6 is 23.2 Å². The normalized spacial score (nSPS) is 10.2. The van der Waals surface area contributed by atoms with Gasteiger partial charge in [0.15, 0.2) is 0 Å². The van der Waals surface area contributed by atoms with E-state index in [2.05, 4.69) is 15.3 Å². The number of nitro benzene ring substituents is 1. The molecule has 0 aliphatic heterocycles. The molecular weight excluding hydrogens is 319 g/mol. The summed E-state index contributed by atoms with van der Waals surface area (Å²) in [5, 5.41) is 13.2. The van der Waals surface area contributed by atoms with Crippen molar-refractivity contribution < 1.29 is 9.72 Å². The second-order valence-corrected chi connectivity index (χ2v) is 4.83. The number of nitro groups is 1. The number of aromatic nitrogens is 2. The number of nitrogens with zero attached hydrogens (tertiary/aromatic N) is 3. The molecule has 0 spiro atoms. The lowest BCUT2D eigenvalue weighted by atomic mass is 10.2. The molecule has 0 saturated carbocycles. The third kappa shape index (κ3) is 3.65. The fourth-order valence-electron chi connectivity index (χ4n) is 1.56. The highest BCUT2D eigenvalue weighted by Gasteiger charge is 2.16. The summed E-state index contributed by atoms with van der Waals surface area (Å²) in [5.41, 5.74) is 0.454. The van der Waals surface area contributed by atoms with E-state index >= 15 is 0 Å². The van der Waals surface area contributed by atoms with E-state index in [1.807, 2.05) is 0 Å². The van der Waals surface area contributed by atoms with Crippen molar-refractivity contribution >= 4 is 40.7 Å². The molecule has 0 aliphatic rings. The Kier molecular flexibility index (Phi) is 4.35. The molecule has 1 heterocycles. The largest absolute Gasteiger partial charge is 0.290 e. The molecular formula is C12H8Cl2N4O3. The van der Waals surface area contributed by atoms with Gasteiger partial charge in [-0.1, -0.05) is 23.2 Å². The Labute approximate surface area is 129 Å². The fraction of sp³-hybridized carbons (Fsp3) is 0.0833.